The molecule has 246 valence electrons. The van der Waals surface area contributed by atoms with Crippen molar-refractivity contribution >= 4 is 43.1 Å². The number of carbonyl (C=O) groups excluding carboxylic acids is 3. The van der Waals surface area contributed by atoms with Crippen molar-refractivity contribution < 1.29 is 37.7 Å². The van der Waals surface area contributed by atoms with Gasteiger partial charge in [-0.3, -0.25) is 23.5 Å². The van der Waals surface area contributed by atoms with Gasteiger partial charge in [-0.05, 0) is 31.0 Å². The molecule has 4 atom stereocenters. The molecule has 0 spiro atoms. The van der Waals surface area contributed by atoms with Crippen LogP contribution in [0.3, 0.4) is 0 Å². The first-order chi connectivity index (χ1) is 22.0. The molecular weight excluding hydrogens is 637 g/mol. The van der Waals surface area contributed by atoms with Crippen LogP contribution in [0.5, 0.6) is 0 Å². The second kappa shape index (κ2) is 16.6. The maximum atomic E-state index is 14.1. The molecule has 0 saturated carbocycles. The third kappa shape index (κ3) is 10.6. The molecule has 46 heavy (non-hydrogen) atoms. The summed E-state index contributed by atoms with van der Waals surface area (Å²) in [6.07, 6.45) is 0.748. The molecule has 14 nitrogen and oxygen atoms in total. The van der Waals surface area contributed by atoms with Gasteiger partial charge < -0.3 is 24.1 Å². The molecule has 3 N–H and O–H groups in total. The number of nitrogens with one attached hydrogen (secondary N) is 3. The molecule has 2 aromatic carbocycles. The van der Waals surface area contributed by atoms with Crippen molar-refractivity contribution in [2.24, 2.45) is 0 Å². The van der Waals surface area contributed by atoms with Gasteiger partial charge in [0, 0.05) is 18.9 Å². The van der Waals surface area contributed by atoms with Gasteiger partial charge in [0.25, 0.3) is 0 Å². The maximum absolute atomic E-state index is 14.1. The molecule has 3 aromatic rings. The van der Waals surface area contributed by atoms with Gasteiger partial charge in [-0.15, -0.1) is 11.8 Å². The zero-order valence-electron chi connectivity index (χ0n) is 25.5. The summed E-state index contributed by atoms with van der Waals surface area (Å²) in [5, 5.41) is 7.77. The third-order valence-electron chi connectivity index (χ3n) is 6.45. The quantitative estimate of drug-likeness (QED) is 0.158. The average Bonchev–Trinajstić information content (AvgIpc) is 3.51. The summed E-state index contributed by atoms with van der Waals surface area (Å²) >= 11 is 1.31. The molecule has 4 rings (SSSR count). The second-order valence-corrected chi connectivity index (χ2v) is 13.3. The van der Waals surface area contributed by atoms with E-state index in [1.54, 1.807) is 24.3 Å². The maximum Gasteiger partial charge on any atom is 0.351 e. The molecule has 1 aromatic heterocycles. The van der Waals surface area contributed by atoms with Crippen molar-refractivity contribution in [2.75, 3.05) is 17.7 Å². The minimum Gasteiger partial charge on any atom is -0.460 e. The number of benzene rings is 2. The topological polar surface area (TPSA) is 176 Å². The Morgan fingerprint density at radius 2 is 1.50 bits per heavy atom. The van der Waals surface area contributed by atoms with E-state index in [0.29, 0.717) is 5.75 Å². The lowest BCUT2D eigenvalue weighted by Gasteiger charge is -2.26. The monoisotopic (exact) mass is 673 g/mol. The van der Waals surface area contributed by atoms with Gasteiger partial charge in [0.1, 0.15) is 42.8 Å². The largest absolute Gasteiger partial charge is 0.460 e. The molecular formula is C30H36N5O9PS. The van der Waals surface area contributed by atoms with Crippen molar-refractivity contribution in [2.45, 2.75) is 57.7 Å². The minimum absolute atomic E-state index is 0.0143. The number of aromatic nitrogens is 2. The smallest absolute Gasteiger partial charge is 0.351 e. The number of thioether (sulfide) groups is 1. The standard InChI is InChI=1S/C30H36N5O9PS/c1-20(28(37)41-16-23-10-6-4-7-11-23)33-45(40,34-21(2)29(38)42-17-24-12-8-5-9-13-24)43-18-27-44-26(19-46-27)35-15-14-25(31-22(3)36)32-30(35)39/h4-15,20-21,26-27H,16-19H2,1-3H3,(H2,33,34,40)(H,31,32,36,39)/t20-,21-,26+,27-/m0/s1. The predicted molar refractivity (Wildman–Crippen MR) is 170 cm³/mol. The summed E-state index contributed by atoms with van der Waals surface area (Å²) in [5.74, 6) is -1.26. The average molecular weight is 674 g/mol. The van der Waals surface area contributed by atoms with Crippen LogP contribution in [0.4, 0.5) is 5.82 Å². The number of nitrogens with zero attached hydrogens (tertiary/aromatic N) is 2. The SMILES string of the molecule is CC(=O)Nc1ccn([C@H]2CS[C@@H](COP(=O)(N[C@@H](C)C(=O)OCc3ccccc3)N[C@@H](C)C(=O)OCc3ccccc3)O2)c(=O)n1. The van der Waals surface area contributed by atoms with Crippen LogP contribution >= 0.6 is 19.4 Å². The van der Waals surface area contributed by atoms with E-state index >= 15 is 0 Å². The Hall–Kier alpha value is -3.85. The van der Waals surface area contributed by atoms with Crippen LogP contribution in [0, 0.1) is 0 Å². The zero-order chi connectivity index (χ0) is 33.1. The molecule has 16 heteroatoms. The lowest BCUT2D eigenvalue weighted by atomic mass is 10.2. The van der Waals surface area contributed by atoms with Crippen molar-refractivity contribution in [3.05, 3.63) is 94.5 Å². The molecule has 1 saturated heterocycles. The number of esters is 2. The van der Waals surface area contributed by atoms with E-state index in [1.165, 1.54) is 49.4 Å². The van der Waals surface area contributed by atoms with E-state index in [-0.39, 0.29) is 31.5 Å². The summed E-state index contributed by atoms with van der Waals surface area (Å²) in [6, 6.07) is 17.4. The first-order valence-electron chi connectivity index (χ1n) is 14.4. The number of carbonyl (C=O) groups is 3. The van der Waals surface area contributed by atoms with Gasteiger partial charge in [-0.2, -0.15) is 4.98 Å². The Bertz CT molecular complexity index is 1530. The Morgan fingerprint density at radius 3 is 2.00 bits per heavy atom. The highest BCUT2D eigenvalue weighted by Crippen LogP contribution is 2.42. The van der Waals surface area contributed by atoms with Crippen LogP contribution in [0.25, 0.3) is 0 Å². The van der Waals surface area contributed by atoms with Gasteiger partial charge in [-0.1, -0.05) is 60.7 Å². The number of hydrogen-bond donors (Lipinski definition) is 3. The Labute approximate surface area is 270 Å². The van der Waals surface area contributed by atoms with Crippen LogP contribution in [0.2, 0.25) is 0 Å². The van der Waals surface area contributed by atoms with Gasteiger partial charge in [0.15, 0.2) is 0 Å². The fourth-order valence-electron chi connectivity index (χ4n) is 4.16. The molecule has 0 unspecified atom stereocenters. The first-order valence-corrected chi connectivity index (χ1v) is 17.0. The molecule has 0 bridgehead atoms. The Morgan fingerprint density at radius 1 is 0.957 bits per heavy atom. The summed E-state index contributed by atoms with van der Waals surface area (Å²) < 4.78 is 37.8. The normalized spacial score (nSPS) is 17.5. The van der Waals surface area contributed by atoms with Crippen molar-refractivity contribution in [1.82, 2.24) is 19.7 Å². The van der Waals surface area contributed by atoms with Crippen LogP contribution in [-0.4, -0.2) is 57.3 Å². The summed E-state index contributed by atoms with van der Waals surface area (Å²) in [6.45, 7) is 4.03. The number of rotatable bonds is 15. The molecule has 1 amide bonds. The molecule has 2 heterocycles. The molecule has 1 aliphatic heterocycles. The van der Waals surface area contributed by atoms with Crippen LogP contribution in [0.1, 0.15) is 38.1 Å². The minimum atomic E-state index is -4.12. The lowest BCUT2D eigenvalue weighted by Crippen LogP contribution is -2.42. The summed E-state index contributed by atoms with van der Waals surface area (Å²) in [4.78, 5) is 53.2. The summed E-state index contributed by atoms with van der Waals surface area (Å²) in [5.41, 5.74) is 0.265. The fourth-order valence-corrected chi connectivity index (χ4v) is 7.05. The van der Waals surface area contributed by atoms with E-state index in [9.17, 15) is 23.7 Å². The van der Waals surface area contributed by atoms with Gasteiger partial charge in [-0.25, -0.2) is 15.0 Å². The number of anilines is 1. The van der Waals surface area contributed by atoms with E-state index < -0.39 is 49.0 Å². The molecule has 0 radical (unpaired) electrons. The Kier molecular flexibility index (Phi) is 12.7. The summed E-state index contributed by atoms with van der Waals surface area (Å²) in [7, 11) is -4.12. The van der Waals surface area contributed by atoms with E-state index in [4.69, 9.17) is 18.7 Å². The van der Waals surface area contributed by atoms with Crippen molar-refractivity contribution in [1.29, 1.82) is 0 Å². The molecule has 1 aliphatic rings. The zero-order valence-corrected chi connectivity index (χ0v) is 27.2. The highest BCUT2D eigenvalue weighted by atomic mass is 32.2. The van der Waals surface area contributed by atoms with Crippen LogP contribution in [-0.2, 0) is 50.9 Å². The van der Waals surface area contributed by atoms with E-state index in [2.05, 4.69) is 20.5 Å². The predicted octanol–water partition coefficient (Wildman–Crippen LogP) is 3.36. The third-order valence-corrected chi connectivity index (χ3v) is 9.52. The second-order valence-electron chi connectivity index (χ2n) is 10.3. The van der Waals surface area contributed by atoms with Gasteiger partial charge in [0.05, 0.1) is 6.61 Å². The van der Waals surface area contributed by atoms with Crippen molar-refractivity contribution in [3.8, 4) is 0 Å². The highest BCUT2D eigenvalue weighted by molar-refractivity contribution is 8.00. The number of hydrogen-bond acceptors (Lipinski definition) is 11. The van der Waals surface area contributed by atoms with Gasteiger partial charge >= 0.3 is 25.3 Å². The van der Waals surface area contributed by atoms with Crippen LogP contribution in [0.15, 0.2) is 77.7 Å². The lowest BCUT2D eigenvalue weighted by molar-refractivity contribution is -0.147. The highest BCUT2D eigenvalue weighted by Gasteiger charge is 2.36. The fraction of sp³-hybridized carbons (Fsp3) is 0.367. The molecule has 0 aliphatic carbocycles. The van der Waals surface area contributed by atoms with Gasteiger partial charge in [0.2, 0.25) is 5.91 Å². The first kappa shape index (κ1) is 35.0. The van der Waals surface area contributed by atoms with Crippen molar-refractivity contribution in [3.63, 3.8) is 0 Å². The number of amides is 1. The van der Waals surface area contributed by atoms with E-state index in [1.807, 2.05) is 36.4 Å². The van der Waals surface area contributed by atoms with E-state index in [0.717, 1.165) is 11.1 Å². The van der Waals surface area contributed by atoms with Crippen LogP contribution < -0.4 is 21.2 Å². The molecule has 1 fully saturated rings. The number of ether oxygens (including phenoxy) is 3. The Balaban J connectivity index is 1.39.